The topological polar surface area (TPSA) is 130 Å². The highest BCUT2D eigenvalue weighted by Gasteiger charge is 2.42. The molecule has 0 fully saturated rings. The molecular weight excluding hydrogens is 283 g/mol. The zero-order chi connectivity index (χ0) is 16.3. The van der Waals surface area contributed by atoms with E-state index >= 15 is 0 Å². The summed E-state index contributed by atoms with van der Waals surface area (Å²) in [6, 6.07) is -2.10. The molecule has 0 bridgehead atoms. The molecule has 8 heteroatoms. The minimum Gasteiger partial charge on any atom is -0.344 e. The lowest BCUT2D eigenvalue weighted by atomic mass is 9.87. The van der Waals surface area contributed by atoms with E-state index in [9.17, 15) is 14.2 Å². The first-order chi connectivity index (χ1) is 8.76. The summed E-state index contributed by atoms with van der Waals surface area (Å²) in [7, 11) is -4.92. The number of carbonyl (C=O) groups excluding carboxylic acids is 2. The van der Waals surface area contributed by atoms with E-state index < -0.39 is 36.5 Å². The lowest BCUT2D eigenvalue weighted by Gasteiger charge is -2.31. The lowest BCUT2D eigenvalue weighted by molar-refractivity contribution is -0.128. The van der Waals surface area contributed by atoms with Gasteiger partial charge in [0.05, 0.1) is 6.04 Å². The van der Waals surface area contributed by atoms with Crippen molar-refractivity contribution in [1.29, 1.82) is 0 Å². The maximum atomic E-state index is 11.9. The fourth-order valence-electron chi connectivity index (χ4n) is 1.68. The first-order valence-electron chi connectivity index (χ1n) is 6.42. The third-order valence-electron chi connectivity index (χ3n) is 2.75. The summed E-state index contributed by atoms with van der Waals surface area (Å²) >= 11 is 0. The average Bonchev–Trinajstić information content (AvgIpc) is 2.20. The van der Waals surface area contributed by atoms with Crippen molar-refractivity contribution in [2.75, 3.05) is 0 Å². The van der Waals surface area contributed by atoms with E-state index in [1.165, 1.54) is 0 Å². The van der Waals surface area contributed by atoms with Crippen LogP contribution in [0.1, 0.15) is 41.0 Å². The van der Waals surface area contributed by atoms with Gasteiger partial charge in [0, 0.05) is 0 Å². The van der Waals surface area contributed by atoms with E-state index in [0.29, 0.717) is 6.42 Å². The molecule has 20 heavy (non-hydrogen) atoms. The molecule has 0 aliphatic heterocycles. The van der Waals surface area contributed by atoms with E-state index in [2.05, 4.69) is 5.32 Å². The quantitative estimate of drug-likeness (QED) is 0.531. The normalized spacial score (nSPS) is 15.8. The van der Waals surface area contributed by atoms with Gasteiger partial charge < -0.3 is 20.8 Å². The molecule has 0 aromatic heterocycles. The molecule has 0 saturated heterocycles. The maximum Gasteiger partial charge on any atom is 0.393 e. The van der Waals surface area contributed by atoms with Crippen LogP contribution in [0.2, 0.25) is 0 Å². The third-order valence-corrected chi connectivity index (χ3v) is 3.58. The Morgan fingerprint density at radius 3 is 2.00 bits per heavy atom. The van der Waals surface area contributed by atoms with E-state index in [-0.39, 0.29) is 5.92 Å². The molecule has 0 aliphatic rings. The number of amides is 1. The van der Waals surface area contributed by atoms with E-state index in [1.54, 1.807) is 20.8 Å². The van der Waals surface area contributed by atoms with Crippen LogP contribution in [0.25, 0.3) is 0 Å². The maximum absolute atomic E-state index is 11.9. The van der Waals surface area contributed by atoms with E-state index in [4.69, 9.17) is 15.5 Å². The van der Waals surface area contributed by atoms with Crippen LogP contribution in [-0.4, -0.2) is 33.3 Å². The van der Waals surface area contributed by atoms with E-state index in [1.807, 2.05) is 13.8 Å². The molecule has 0 saturated carbocycles. The Morgan fingerprint density at radius 2 is 1.70 bits per heavy atom. The van der Waals surface area contributed by atoms with Gasteiger partial charge in [0.15, 0.2) is 0 Å². The fraction of sp³-hybridized carbons (Fsp3) is 0.833. The van der Waals surface area contributed by atoms with Gasteiger partial charge in [0.25, 0.3) is 5.52 Å². The number of carbonyl (C=O) groups is 2. The predicted octanol–water partition coefficient (Wildman–Crippen LogP) is 0.595. The highest BCUT2D eigenvalue weighted by molar-refractivity contribution is 7.70. The van der Waals surface area contributed by atoms with Crippen LogP contribution in [0.4, 0.5) is 0 Å². The van der Waals surface area contributed by atoms with Crippen molar-refractivity contribution in [1.82, 2.24) is 5.32 Å². The van der Waals surface area contributed by atoms with Crippen LogP contribution in [0.3, 0.4) is 0 Å². The van der Waals surface area contributed by atoms with Crippen molar-refractivity contribution in [3.63, 3.8) is 0 Å². The van der Waals surface area contributed by atoms with Crippen LogP contribution in [0.5, 0.6) is 0 Å². The molecule has 0 rings (SSSR count). The molecule has 0 radical (unpaired) electrons. The zero-order valence-corrected chi connectivity index (χ0v) is 13.5. The third kappa shape index (κ3) is 6.13. The second-order valence-electron chi connectivity index (χ2n) is 6.43. The molecule has 7 nitrogen and oxygen atoms in total. The summed E-state index contributed by atoms with van der Waals surface area (Å²) < 4.78 is 11.1. The number of rotatable bonds is 6. The smallest absolute Gasteiger partial charge is 0.344 e. The predicted molar refractivity (Wildman–Crippen MR) is 75.9 cm³/mol. The van der Waals surface area contributed by atoms with Gasteiger partial charge in [0.2, 0.25) is 5.91 Å². The summed E-state index contributed by atoms with van der Waals surface area (Å²) in [5, 5.41) is 2.36. The Labute approximate surface area is 119 Å². The number of hydrogen-bond acceptors (Lipinski definition) is 4. The van der Waals surface area contributed by atoms with Crippen LogP contribution >= 0.6 is 7.60 Å². The Bertz CT molecular complexity index is 411. The summed E-state index contributed by atoms with van der Waals surface area (Å²) in [5.41, 5.74) is 3.58. The Hall–Kier alpha value is -0.750. The summed E-state index contributed by atoms with van der Waals surface area (Å²) in [6.07, 6.45) is 0.423. The minimum atomic E-state index is -4.92. The van der Waals surface area contributed by atoms with Gasteiger partial charge in [-0.25, -0.2) is 0 Å². The molecule has 0 aromatic rings. The lowest BCUT2D eigenvalue weighted by Crippen LogP contribution is -2.53. The van der Waals surface area contributed by atoms with Gasteiger partial charge >= 0.3 is 7.60 Å². The molecule has 118 valence electrons. The van der Waals surface area contributed by atoms with Gasteiger partial charge in [-0.05, 0) is 17.8 Å². The summed E-state index contributed by atoms with van der Waals surface area (Å²) in [4.78, 5) is 41.7. The Kier molecular flexibility index (Phi) is 6.55. The van der Waals surface area contributed by atoms with Crippen molar-refractivity contribution >= 4 is 19.0 Å². The van der Waals surface area contributed by atoms with Gasteiger partial charge in [-0.3, -0.25) is 14.2 Å². The zero-order valence-electron chi connectivity index (χ0n) is 12.6. The largest absolute Gasteiger partial charge is 0.393 e. The first-order valence-corrected chi connectivity index (χ1v) is 8.04. The van der Waals surface area contributed by atoms with Crippen molar-refractivity contribution in [2.24, 2.45) is 17.1 Å². The van der Waals surface area contributed by atoms with Crippen molar-refractivity contribution in [2.45, 2.75) is 53.1 Å². The van der Waals surface area contributed by atoms with Crippen LogP contribution in [0, 0.1) is 11.3 Å². The Balaban J connectivity index is 5.08. The molecule has 0 spiro atoms. The number of nitrogens with one attached hydrogen (secondary N) is 1. The average molecular weight is 308 g/mol. The van der Waals surface area contributed by atoms with Crippen LogP contribution < -0.4 is 11.1 Å². The van der Waals surface area contributed by atoms with Gasteiger partial charge in [-0.15, -0.1) is 0 Å². The molecular formula is C12H25N2O5P. The van der Waals surface area contributed by atoms with Crippen molar-refractivity contribution < 1.29 is 23.9 Å². The molecule has 2 atom stereocenters. The van der Waals surface area contributed by atoms with Crippen molar-refractivity contribution in [3.05, 3.63) is 0 Å². The van der Waals surface area contributed by atoms with Crippen LogP contribution in [-0.2, 0) is 14.2 Å². The van der Waals surface area contributed by atoms with Gasteiger partial charge in [-0.1, -0.05) is 34.6 Å². The fourth-order valence-corrected chi connectivity index (χ4v) is 2.47. The first kappa shape index (κ1) is 19.2. The highest BCUT2D eigenvalue weighted by atomic mass is 31.2. The molecule has 0 aromatic carbocycles. The number of nitrogens with two attached hydrogens (primary N) is 1. The van der Waals surface area contributed by atoms with Gasteiger partial charge in [0.1, 0.15) is 6.04 Å². The molecule has 5 N–H and O–H groups in total. The standard InChI is InChI=1S/C12H25N2O5P/c1-7(2)6-8(13)10(15)14-9(12(3,4)5)11(16)20(17,18)19/h7-9H,6,13H2,1-5H3,(H,14,15)(H2,17,18,19)/t8-,9+/m0/s1. The molecule has 0 unspecified atom stereocenters. The summed E-state index contributed by atoms with van der Waals surface area (Å²) in [6.45, 7) is 8.63. The molecule has 0 aliphatic carbocycles. The minimum absolute atomic E-state index is 0.196. The Morgan fingerprint density at radius 1 is 1.25 bits per heavy atom. The second-order valence-corrected chi connectivity index (χ2v) is 7.95. The SMILES string of the molecule is CC(C)C[C@H](N)C(=O)N[C@H](C(=O)P(=O)(O)O)C(C)(C)C. The molecule has 1 amide bonds. The molecule has 0 heterocycles. The van der Waals surface area contributed by atoms with E-state index in [0.717, 1.165) is 0 Å². The van der Waals surface area contributed by atoms with Gasteiger partial charge in [-0.2, -0.15) is 0 Å². The monoisotopic (exact) mass is 308 g/mol. The summed E-state index contributed by atoms with van der Waals surface area (Å²) in [5.74, 6) is -0.387. The highest BCUT2D eigenvalue weighted by Crippen LogP contribution is 2.40. The second kappa shape index (κ2) is 6.80. The number of hydrogen-bond donors (Lipinski definition) is 4. The van der Waals surface area contributed by atoms with Crippen molar-refractivity contribution in [3.8, 4) is 0 Å². The van der Waals surface area contributed by atoms with Crippen LogP contribution in [0.15, 0.2) is 0 Å².